The molecule has 36 heavy (non-hydrogen) atoms. The molecule has 2 aromatic carbocycles. The number of esters is 1. The fourth-order valence-corrected chi connectivity index (χ4v) is 4.35. The van der Waals surface area contributed by atoms with Crippen LogP contribution >= 0.6 is 0 Å². The summed E-state index contributed by atoms with van der Waals surface area (Å²) in [5.41, 5.74) is 2.86. The molecule has 0 bridgehead atoms. The van der Waals surface area contributed by atoms with Gasteiger partial charge in [0.05, 0.1) is 31.4 Å². The first-order valence-corrected chi connectivity index (χ1v) is 11.4. The van der Waals surface area contributed by atoms with E-state index < -0.39 is 11.9 Å². The number of fused-ring (bicyclic) bond motifs is 2. The molecule has 3 heterocycles. The fourth-order valence-electron chi connectivity index (χ4n) is 4.35. The lowest BCUT2D eigenvalue weighted by Gasteiger charge is -2.16. The van der Waals surface area contributed by atoms with Gasteiger partial charge in [0.1, 0.15) is 16.7 Å². The van der Waals surface area contributed by atoms with Crippen LogP contribution in [0.15, 0.2) is 64.6 Å². The van der Waals surface area contributed by atoms with Gasteiger partial charge in [0.15, 0.2) is 5.69 Å². The highest BCUT2D eigenvalue weighted by molar-refractivity contribution is 6.08. The summed E-state index contributed by atoms with van der Waals surface area (Å²) >= 11 is 0. The number of carbonyl (C=O) groups excluding carboxylic acids is 2. The molecule has 0 unspecified atom stereocenters. The number of aliphatic hydroxyl groups is 1. The van der Waals surface area contributed by atoms with Gasteiger partial charge >= 0.3 is 5.97 Å². The van der Waals surface area contributed by atoms with Gasteiger partial charge in [-0.05, 0) is 37.3 Å². The fraction of sp³-hybridized carbons (Fsp3) is 0.240. The Labute approximate surface area is 205 Å². The minimum Gasteiger partial charge on any atom is -0.466 e. The molecule has 11 heteroatoms. The zero-order valence-corrected chi connectivity index (χ0v) is 19.8. The average Bonchev–Trinajstić information content (AvgIpc) is 3.45. The van der Waals surface area contributed by atoms with Gasteiger partial charge in [-0.1, -0.05) is 18.2 Å². The summed E-state index contributed by atoms with van der Waals surface area (Å²) < 4.78 is 6.44. The number of ether oxygens (including phenoxy) is 1. The van der Waals surface area contributed by atoms with E-state index in [0.29, 0.717) is 34.5 Å². The third-order valence-electron chi connectivity index (χ3n) is 6.12. The lowest BCUT2D eigenvalue weighted by molar-refractivity contribution is -0.136. The third kappa shape index (κ3) is 3.89. The van der Waals surface area contributed by atoms with Crippen molar-refractivity contribution < 1.29 is 19.4 Å². The average molecular weight is 489 g/mol. The van der Waals surface area contributed by atoms with Crippen molar-refractivity contribution in [2.45, 2.75) is 13.5 Å². The first kappa shape index (κ1) is 23.2. The molecule has 11 nitrogen and oxygen atoms in total. The van der Waals surface area contributed by atoms with Crippen molar-refractivity contribution >= 4 is 39.5 Å². The van der Waals surface area contributed by atoms with Crippen LogP contribution in [0.1, 0.15) is 6.92 Å². The topological polar surface area (TPSA) is 132 Å². The molecular weight excluding hydrogens is 464 g/mol. The van der Waals surface area contributed by atoms with Gasteiger partial charge < -0.3 is 24.6 Å². The van der Waals surface area contributed by atoms with E-state index in [1.807, 2.05) is 37.3 Å². The maximum Gasteiger partial charge on any atom is 0.337 e. The molecule has 2 N–H and O–H groups in total. The molecule has 0 radical (unpaired) electrons. The molecule has 2 aromatic heterocycles. The monoisotopic (exact) mass is 488 g/mol. The summed E-state index contributed by atoms with van der Waals surface area (Å²) in [6, 6.07) is 14.4. The first-order chi connectivity index (χ1) is 17.4. The van der Waals surface area contributed by atoms with E-state index in [9.17, 15) is 19.5 Å². The number of rotatable bonds is 7. The number of aryl methyl sites for hydroxylation is 1. The van der Waals surface area contributed by atoms with Crippen LogP contribution in [0.3, 0.4) is 0 Å². The number of aromatic nitrogens is 4. The second-order valence-electron chi connectivity index (χ2n) is 8.25. The quantitative estimate of drug-likeness (QED) is 0.374. The van der Waals surface area contributed by atoms with Crippen molar-refractivity contribution in [2.75, 3.05) is 32.1 Å². The maximum atomic E-state index is 13.4. The predicted molar refractivity (Wildman–Crippen MR) is 133 cm³/mol. The summed E-state index contributed by atoms with van der Waals surface area (Å²) in [4.78, 5) is 41.2. The van der Waals surface area contributed by atoms with Crippen LogP contribution in [0, 0.1) is 0 Å². The van der Waals surface area contributed by atoms with Crippen LogP contribution in [-0.4, -0.2) is 68.3 Å². The predicted octanol–water partition coefficient (Wildman–Crippen LogP) is 1.43. The third-order valence-corrected chi connectivity index (χ3v) is 6.12. The summed E-state index contributed by atoms with van der Waals surface area (Å²) in [7, 11) is 1.25. The standard InChI is InChI=1S/C25H24N6O5/c1-3-30-20-13-16(26-22-17(25(35)36-2)14-29(10-11-32)24(22)34)9-8-15(20)12-21(23(30)33)31-27-18-6-4-5-7-19(18)28-31/h4-9,12-13,26,32H,3,10-11,14H2,1-2H3. The second kappa shape index (κ2) is 9.27. The number of amides is 1. The van der Waals surface area contributed by atoms with E-state index in [1.54, 1.807) is 22.8 Å². The lowest BCUT2D eigenvalue weighted by Crippen LogP contribution is -2.31. The van der Waals surface area contributed by atoms with Crippen LogP contribution in [0.25, 0.3) is 27.6 Å². The van der Waals surface area contributed by atoms with Gasteiger partial charge in [-0.25, -0.2) is 4.79 Å². The number of carbonyl (C=O) groups is 2. The number of β-amino-alcohol motifs (C(OH)–C–C–N with tert-alkyl or cyclic N) is 1. The number of anilines is 1. The largest absolute Gasteiger partial charge is 0.466 e. The van der Waals surface area contributed by atoms with Gasteiger partial charge in [0, 0.05) is 24.2 Å². The number of hydrogen-bond donors (Lipinski definition) is 2. The number of pyridine rings is 1. The highest BCUT2D eigenvalue weighted by atomic mass is 16.5. The van der Waals surface area contributed by atoms with E-state index in [1.165, 1.54) is 16.8 Å². The SMILES string of the molecule is CCn1c(=O)c(-n2nc3ccccc3n2)cc2ccc(NC3=C(C(=O)OC)CN(CCO)C3=O)cc21. The molecule has 0 fully saturated rings. The van der Waals surface area contributed by atoms with Gasteiger partial charge in [-0.2, -0.15) is 0 Å². The molecule has 4 aromatic rings. The zero-order chi connectivity index (χ0) is 25.4. The Morgan fingerprint density at radius 3 is 2.47 bits per heavy atom. The molecule has 184 valence electrons. The number of methoxy groups -OCH3 is 1. The van der Waals surface area contributed by atoms with Crippen LogP contribution in [0.4, 0.5) is 5.69 Å². The lowest BCUT2D eigenvalue weighted by atomic mass is 10.1. The molecule has 0 saturated heterocycles. The normalized spacial score (nSPS) is 13.8. The van der Waals surface area contributed by atoms with Crippen LogP contribution < -0.4 is 10.9 Å². The molecule has 1 amide bonds. The number of aliphatic hydroxyl groups excluding tert-OH is 1. The molecule has 0 aliphatic carbocycles. The zero-order valence-electron chi connectivity index (χ0n) is 19.8. The van der Waals surface area contributed by atoms with Crippen LogP contribution in [0.5, 0.6) is 0 Å². The van der Waals surface area contributed by atoms with Crippen molar-refractivity contribution in [1.29, 1.82) is 0 Å². The Hall–Kier alpha value is -4.51. The number of nitrogens with zero attached hydrogens (tertiary/aromatic N) is 5. The van der Waals surface area contributed by atoms with E-state index in [0.717, 1.165) is 5.39 Å². The summed E-state index contributed by atoms with van der Waals surface area (Å²) in [5.74, 6) is -1.04. The van der Waals surface area contributed by atoms with Gasteiger partial charge in [-0.15, -0.1) is 15.0 Å². The maximum absolute atomic E-state index is 13.4. The highest BCUT2D eigenvalue weighted by Gasteiger charge is 2.34. The number of hydrogen-bond acceptors (Lipinski definition) is 8. The minimum absolute atomic E-state index is 0.0379. The van der Waals surface area contributed by atoms with Gasteiger partial charge in [0.25, 0.3) is 11.5 Å². The Bertz CT molecular complexity index is 1570. The summed E-state index contributed by atoms with van der Waals surface area (Å²) in [6.07, 6.45) is 0. The van der Waals surface area contributed by atoms with E-state index in [2.05, 4.69) is 15.5 Å². The smallest absolute Gasteiger partial charge is 0.337 e. The Morgan fingerprint density at radius 1 is 1.11 bits per heavy atom. The van der Waals surface area contributed by atoms with Crippen molar-refractivity contribution in [3.63, 3.8) is 0 Å². The van der Waals surface area contributed by atoms with Crippen molar-refractivity contribution in [1.82, 2.24) is 24.5 Å². The molecule has 1 aliphatic rings. The molecule has 0 saturated carbocycles. The number of benzene rings is 2. The highest BCUT2D eigenvalue weighted by Crippen LogP contribution is 2.26. The van der Waals surface area contributed by atoms with E-state index >= 15 is 0 Å². The first-order valence-electron chi connectivity index (χ1n) is 11.4. The summed E-state index contributed by atoms with van der Waals surface area (Å²) in [5, 5.41) is 22.0. The molecule has 0 atom stereocenters. The Balaban J connectivity index is 1.57. The van der Waals surface area contributed by atoms with Gasteiger partial charge in [-0.3, -0.25) is 9.59 Å². The molecule has 5 rings (SSSR count). The van der Waals surface area contributed by atoms with Crippen molar-refractivity contribution in [2.24, 2.45) is 0 Å². The Kier molecular flexibility index (Phi) is 5.98. The van der Waals surface area contributed by atoms with E-state index in [-0.39, 0.29) is 36.5 Å². The van der Waals surface area contributed by atoms with Gasteiger partial charge in [0.2, 0.25) is 0 Å². The molecular formula is C25H24N6O5. The van der Waals surface area contributed by atoms with Crippen molar-refractivity contribution in [3.05, 3.63) is 70.2 Å². The minimum atomic E-state index is -0.624. The molecule has 0 spiro atoms. The van der Waals surface area contributed by atoms with E-state index in [4.69, 9.17) is 4.74 Å². The summed E-state index contributed by atoms with van der Waals surface area (Å²) in [6.45, 7) is 2.16. The van der Waals surface area contributed by atoms with Crippen LogP contribution in [-0.2, 0) is 20.9 Å². The second-order valence-corrected chi connectivity index (χ2v) is 8.25. The number of nitrogens with one attached hydrogen (secondary N) is 1. The molecule has 1 aliphatic heterocycles. The van der Waals surface area contributed by atoms with Crippen LogP contribution in [0.2, 0.25) is 0 Å². The Morgan fingerprint density at radius 2 is 1.83 bits per heavy atom. The van der Waals surface area contributed by atoms with Crippen molar-refractivity contribution in [3.8, 4) is 5.69 Å².